The van der Waals surface area contributed by atoms with Crippen LogP contribution in [0.5, 0.6) is 5.75 Å². The molecule has 5 nitrogen and oxygen atoms in total. The molecule has 32 heavy (non-hydrogen) atoms. The summed E-state index contributed by atoms with van der Waals surface area (Å²) in [5, 5.41) is 3.03. The Morgan fingerprint density at radius 3 is 2.34 bits per heavy atom. The number of carbonyl (C=O) groups is 1. The molecule has 0 spiro atoms. The third-order valence-electron chi connectivity index (χ3n) is 5.33. The number of carbonyl (C=O) groups excluding carboxylic acids is 1. The number of aromatic nitrogens is 1. The Labute approximate surface area is 188 Å². The lowest BCUT2D eigenvalue weighted by molar-refractivity contribution is 0.0940. The second-order valence-electron chi connectivity index (χ2n) is 7.81. The Kier molecular flexibility index (Phi) is 6.36. The highest BCUT2D eigenvalue weighted by molar-refractivity contribution is 5.94. The van der Waals surface area contributed by atoms with Crippen LogP contribution in [0.4, 0.5) is 0 Å². The number of aryl methyl sites for hydroxylation is 2. The van der Waals surface area contributed by atoms with Crippen molar-refractivity contribution >= 4 is 5.91 Å². The number of ether oxygens (including phenoxy) is 1. The minimum Gasteiger partial charge on any atom is -0.487 e. The van der Waals surface area contributed by atoms with Crippen molar-refractivity contribution in [3.8, 4) is 17.2 Å². The van der Waals surface area contributed by atoms with Crippen LogP contribution in [0.25, 0.3) is 11.5 Å². The van der Waals surface area contributed by atoms with Crippen molar-refractivity contribution < 1.29 is 13.9 Å². The van der Waals surface area contributed by atoms with Crippen LogP contribution in [0.1, 0.15) is 45.9 Å². The molecule has 0 saturated carbocycles. The molecule has 1 heterocycles. The van der Waals surface area contributed by atoms with E-state index in [1.165, 1.54) is 5.56 Å². The molecule has 0 saturated heterocycles. The highest BCUT2D eigenvalue weighted by Gasteiger charge is 2.14. The average molecular weight is 427 g/mol. The third kappa shape index (κ3) is 5.06. The molecule has 0 fully saturated rings. The van der Waals surface area contributed by atoms with Crippen molar-refractivity contribution in [1.82, 2.24) is 10.3 Å². The molecule has 1 unspecified atom stereocenters. The molecule has 0 aliphatic rings. The number of hydrogen-bond acceptors (Lipinski definition) is 4. The lowest BCUT2D eigenvalue weighted by atomic mass is 10.1. The second kappa shape index (κ2) is 9.52. The Bertz CT molecular complexity index is 1180. The van der Waals surface area contributed by atoms with Gasteiger partial charge in [0.15, 0.2) is 0 Å². The summed E-state index contributed by atoms with van der Waals surface area (Å²) in [5.74, 6) is 1.89. The van der Waals surface area contributed by atoms with Gasteiger partial charge in [0.2, 0.25) is 5.89 Å². The van der Waals surface area contributed by atoms with Crippen molar-refractivity contribution in [3.05, 3.63) is 107 Å². The number of nitrogens with one attached hydrogen (secondary N) is 1. The molecule has 1 aromatic heterocycles. The average Bonchev–Trinajstić information content (AvgIpc) is 3.19. The van der Waals surface area contributed by atoms with Crippen LogP contribution in [0, 0.1) is 13.8 Å². The van der Waals surface area contributed by atoms with Crippen molar-refractivity contribution in [1.29, 1.82) is 0 Å². The Hall–Kier alpha value is -3.86. The van der Waals surface area contributed by atoms with Crippen LogP contribution in [-0.4, -0.2) is 10.9 Å². The Balaban J connectivity index is 1.41. The van der Waals surface area contributed by atoms with Crippen LogP contribution >= 0.6 is 0 Å². The van der Waals surface area contributed by atoms with Crippen LogP contribution in [0.2, 0.25) is 0 Å². The zero-order chi connectivity index (χ0) is 22.5. The Morgan fingerprint density at radius 2 is 1.66 bits per heavy atom. The molecule has 0 bridgehead atoms. The highest BCUT2D eigenvalue weighted by Crippen LogP contribution is 2.24. The standard InChI is InChI=1S/C27H26N2O3/c1-18-9-15-24(16-10-18)31-17-25-20(3)32-27(29-25)23-13-11-22(12-14-23)26(30)28-19(2)21-7-5-4-6-8-21/h4-16,19H,17H2,1-3H3,(H,28,30). The quantitative estimate of drug-likeness (QED) is 0.392. The van der Waals surface area contributed by atoms with Gasteiger partial charge in [0.1, 0.15) is 23.8 Å². The van der Waals surface area contributed by atoms with Crippen LogP contribution in [-0.2, 0) is 6.61 Å². The highest BCUT2D eigenvalue weighted by atomic mass is 16.5. The van der Waals surface area contributed by atoms with E-state index in [2.05, 4.69) is 10.3 Å². The van der Waals surface area contributed by atoms with E-state index in [-0.39, 0.29) is 11.9 Å². The largest absolute Gasteiger partial charge is 0.487 e. The fraction of sp³-hybridized carbons (Fsp3) is 0.185. The van der Waals surface area contributed by atoms with Gasteiger partial charge in [-0.15, -0.1) is 0 Å². The maximum Gasteiger partial charge on any atom is 0.251 e. The zero-order valence-corrected chi connectivity index (χ0v) is 18.5. The number of rotatable bonds is 7. The van der Waals surface area contributed by atoms with E-state index in [1.54, 1.807) is 12.1 Å². The number of benzene rings is 3. The first-order valence-electron chi connectivity index (χ1n) is 10.6. The van der Waals surface area contributed by atoms with Gasteiger partial charge in [-0.25, -0.2) is 4.98 Å². The van der Waals surface area contributed by atoms with Crippen LogP contribution < -0.4 is 10.1 Å². The second-order valence-corrected chi connectivity index (χ2v) is 7.81. The maximum absolute atomic E-state index is 12.6. The summed E-state index contributed by atoms with van der Waals surface area (Å²) in [7, 11) is 0. The summed E-state index contributed by atoms with van der Waals surface area (Å²) in [4.78, 5) is 17.2. The van der Waals surface area contributed by atoms with Crippen molar-refractivity contribution in [2.75, 3.05) is 0 Å². The number of amides is 1. The fourth-order valence-corrected chi connectivity index (χ4v) is 3.34. The van der Waals surface area contributed by atoms with Crippen molar-refractivity contribution in [3.63, 3.8) is 0 Å². The molecule has 1 atom stereocenters. The van der Waals surface area contributed by atoms with E-state index in [4.69, 9.17) is 9.15 Å². The van der Waals surface area contributed by atoms with Gasteiger partial charge in [-0.3, -0.25) is 4.79 Å². The van der Waals surface area contributed by atoms with E-state index in [1.807, 2.05) is 87.5 Å². The summed E-state index contributed by atoms with van der Waals surface area (Å²) in [6.07, 6.45) is 0. The summed E-state index contributed by atoms with van der Waals surface area (Å²) in [5.41, 5.74) is 4.39. The molecular weight excluding hydrogens is 400 g/mol. The predicted octanol–water partition coefficient (Wildman–Crippen LogP) is 6.03. The molecular formula is C27H26N2O3. The first-order valence-corrected chi connectivity index (χ1v) is 10.6. The van der Waals surface area contributed by atoms with Crippen molar-refractivity contribution in [2.45, 2.75) is 33.4 Å². The Morgan fingerprint density at radius 1 is 0.969 bits per heavy atom. The van der Waals surface area contributed by atoms with Gasteiger partial charge in [0.05, 0.1) is 6.04 Å². The lowest BCUT2D eigenvalue weighted by Crippen LogP contribution is -2.26. The van der Waals surface area contributed by atoms with Gasteiger partial charge in [-0.2, -0.15) is 0 Å². The predicted molar refractivity (Wildman–Crippen MR) is 125 cm³/mol. The molecule has 4 aromatic rings. The SMILES string of the molecule is Cc1ccc(OCc2nc(-c3ccc(C(=O)NC(C)c4ccccc4)cc3)oc2C)cc1. The molecule has 0 aliphatic carbocycles. The lowest BCUT2D eigenvalue weighted by Gasteiger charge is -2.14. The number of hydrogen-bond donors (Lipinski definition) is 1. The van der Waals surface area contributed by atoms with Crippen molar-refractivity contribution in [2.24, 2.45) is 0 Å². The molecule has 3 aromatic carbocycles. The first-order chi connectivity index (χ1) is 15.5. The fourth-order valence-electron chi connectivity index (χ4n) is 3.34. The summed E-state index contributed by atoms with van der Waals surface area (Å²) in [6, 6.07) is 25.0. The summed E-state index contributed by atoms with van der Waals surface area (Å²) < 4.78 is 11.7. The van der Waals surface area contributed by atoms with Crippen LogP contribution in [0.15, 0.2) is 83.3 Å². The van der Waals surface area contributed by atoms with E-state index in [0.29, 0.717) is 23.8 Å². The van der Waals surface area contributed by atoms with Gasteiger partial charge in [-0.1, -0.05) is 48.0 Å². The number of oxazole rings is 1. The van der Waals surface area contributed by atoms with Gasteiger partial charge < -0.3 is 14.5 Å². The third-order valence-corrected chi connectivity index (χ3v) is 5.33. The molecule has 4 rings (SSSR count). The first kappa shape index (κ1) is 21.4. The molecule has 1 N–H and O–H groups in total. The van der Waals surface area contributed by atoms with E-state index in [0.717, 1.165) is 22.6 Å². The van der Waals surface area contributed by atoms with Gasteiger partial charge in [0, 0.05) is 11.1 Å². The molecule has 0 aliphatic heterocycles. The monoisotopic (exact) mass is 426 g/mol. The van der Waals surface area contributed by atoms with Gasteiger partial charge in [-0.05, 0) is 62.7 Å². The van der Waals surface area contributed by atoms with Gasteiger partial charge >= 0.3 is 0 Å². The smallest absolute Gasteiger partial charge is 0.251 e. The molecule has 0 radical (unpaired) electrons. The molecule has 162 valence electrons. The zero-order valence-electron chi connectivity index (χ0n) is 18.5. The molecule has 1 amide bonds. The molecule has 5 heteroatoms. The number of nitrogens with zero attached hydrogens (tertiary/aromatic N) is 1. The van der Waals surface area contributed by atoms with E-state index in [9.17, 15) is 4.79 Å². The summed E-state index contributed by atoms with van der Waals surface area (Å²) >= 11 is 0. The van der Waals surface area contributed by atoms with E-state index >= 15 is 0 Å². The normalized spacial score (nSPS) is 11.7. The summed E-state index contributed by atoms with van der Waals surface area (Å²) in [6.45, 7) is 6.21. The van der Waals surface area contributed by atoms with Gasteiger partial charge in [0.25, 0.3) is 5.91 Å². The van der Waals surface area contributed by atoms with E-state index < -0.39 is 0 Å². The maximum atomic E-state index is 12.6. The van der Waals surface area contributed by atoms with Crippen LogP contribution in [0.3, 0.4) is 0 Å². The minimum atomic E-state index is -0.122. The minimum absolute atomic E-state index is 0.0751. The topological polar surface area (TPSA) is 64.4 Å².